The minimum Gasteiger partial charge on any atom is -0.342 e. The van der Waals surface area contributed by atoms with E-state index in [1.54, 1.807) is 11.8 Å². The minimum atomic E-state index is 0.274. The van der Waals surface area contributed by atoms with Crippen molar-refractivity contribution in [2.24, 2.45) is 5.92 Å². The van der Waals surface area contributed by atoms with Gasteiger partial charge in [-0.15, -0.1) is 11.3 Å². The minimum absolute atomic E-state index is 0.274. The number of thioether (sulfide) groups is 1. The van der Waals surface area contributed by atoms with E-state index < -0.39 is 0 Å². The van der Waals surface area contributed by atoms with Gasteiger partial charge >= 0.3 is 0 Å². The summed E-state index contributed by atoms with van der Waals surface area (Å²) in [6.45, 7) is 4.09. The van der Waals surface area contributed by atoms with Gasteiger partial charge in [-0.1, -0.05) is 18.7 Å². The number of carbonyl (C=O) groups is 1. The van der Waals surface area contributed by atoms with E-state index in [-0.39, 0.29) is 5.91 Å². The summed E-state index contributed by atoms with van der Waals surface area (Å²) in [5.41, 5.74) is 1.48. The number of nitrogens with zero attached hydrogens (tertiary/aromatic N) is 3. The van der Waals surface area contributed by atoms with Crippen LogP contribution in [-0.2, 0) is 17.6 Å². The highest BCUT2D eigenvalue weighted by Gasteiger charge is 2.30. The van der Waals surface area contributed by atoms with Crippen LogP contribution >= 0.6 is 23.1 Å². The zero-order valence-corrected chi connectivity index (χ0v) is 17.6. The second-order valence-electron chi connectivity index (χ2n) is 8.43. The van der Waals surface area contributed by atoms with E-state index in [0.29, 0.717) is 17.6 Å². The molecule has 1 atom stereocenters. The number of piperidine rings is 1. The molecule has 2 aromatic rings. The molecule has 3 heterocycles. The molecule has 0 N–H and O–H groups in total. The number of aromatic nitrogens is 2. The van der Waals surface area contributed by atoms with Crippen LogP contribution in [0.1, 0.15) is 67.6 Å². The highest BCUT2D eigenvalue weighted by molar-refractivity contribution is 8.00. The molecule has 1 aliphatic heterocycles. The maximum absolute atomic E-state index is 12.8. The van der Waals surface area contributed by atoms with Gasteiger partial charge in [0.05, 0.1) is 5.75 Å². The van der Waals surface area contributed by atoms with Crippen molar-refractivity contribution < 1.29 is 4.79 Å². The van der Waals surface area contributed by atoms with E-state index in [9.17, 15) is 4.79 Å². The van der Waals surface area contributed by atoms with Crippen LogP contribution in [0.25, 0.3) is 10.2 Å². The highest BCUT2D eigenvalue weighted by atomic mass is 32.2. The van der Waals surface area contributed by atoms with Gasteiger partial charge in [0, 0.05) is 29.3 Å². The zero-order valence-electron chi connectivity index (χ0n) is 16.0. The summed E-state index contributed by atoms with van der Waals surface area (Å²) in [5.74, 6) is 2.97. The Labute approximate surface area is 169 Å². The van der Waals surface area contributed by atoms with Crippen molar-refractivity contribution in [2.45, 2.75) is 69.2 Å². The lowest BCUT2D eigenvalue weighted by molar-refractivity contribution is -0.130. The number of fused-ring (bicyclic) bond motifs is 3. The topological polar surface area (TPSA) is 46.1 Å². The normalized spacial score (nSPS) is 22.9. The SMILES string of the molecule is C[C@@H]1CCCN(C(=O)CSc2nc(C3CC3)nc3sc4c(c23)CCCC4)C1. The molecule has 1 saturated heterocycles. The predicted octanol–water partition coefficient (Wildman–Crippen LogP) is 4.80. The van der Waals surface area contributed by atoms with Crippen molar-refractivity contribution in [3.63, 3.8) is 0 Å². The van der Waals surface area contributed by atoms with Crippen molar-refractivity contribution in [3.05, 3.63) is 16.3 Å². The van der Waals surface area contributed by atoms with Crippen LogP contribution < -0.4 is 0 Å². The smallest absolute Gasteiger partial charge is 0.232 e. The number of carbonyl (C=O) groups excluding carboxylic acids is 1. The second kappa shape index (κ2) is 7.36. The fourth-order valence-electron chi connectivity index (χ4n) is 4.41. The molecule has 5 rings (SSSR count). The van der Waals surface area contributed by atoms with Crippen LogP contribution in [0.15, 0.2) is 5.03 Å². The van der Waals surface area contributed by atoms with Gasteiger partial charge in [-0.3, -0.25) is 4.79 Å². The van der Waals surface area contributed by atoms with E-state index in [0.717, 1.165) is 36.8 Å². The molecule has 2 aliphatic carbocycles. The first kappa shape index (κ1) is 17.9. The van der Waals surface area contributed by atoms with Gasteiger partial charge < -0.3 is 4.90 Å². The third-order valence-corrected chi connectivity index (χ3v) is 8.23. The standard InChI is InChI=1S/C21H27N3OS2/c1-13-5-4-10-24(11-13)17(25)12-26-20-18-15-6-2-3-7-16(15)27-21(18)23-19(22-20)14-8-9-14/h13-14H,2-12H2,1H3/t13-/m1/s1. The zero-order chi connectivity index (χ0) is 18.4. The number of thiophene rings is 1. The molecular weight excluding hydrogens is 374 g/mol. The van der Waals surface area contributed by atoms with Crippen molar-refractivity contribution in [1.82, 2.24) is 14.9 Å². The second-order valence-corrected chi connectivity index (χ2v) is 10.5. The third kappa shape index (κ3) is 3.63. The number of rotatable bonds is 4. The summed E-state index contributed by atoms with van der Waals surface area (Å²) in [6, 6.07) is 0. The van der Waals surface area contributed by atoms with Gasteiger partial charge in [0.1, 0.15) is 15.7 Å². The Balaban J connectivity index is 1.42. The van der Waals surface area contributed by atoms with Crippen LogP contribution in [0, 0.1) is 5.92 Å². The van der Waals surface area contributed by atoms with E-state index in [4.69, 9.17) is 9.97 Å². The predicted molar refractivity (Wildman–Crippen MR) is 112 cm³/mol. The Morgan fingerprint density at radius 2 is 2.04 bits per heavy atom. The summed E-state index contributed by atoms with van der Waals surface area (Å²) < 4.78 is 0. The Morgan fingerprint density at radius 1 is 1.19 bits per heavy atom. The van der Waals surface area contributed by atoms with Crippen LogP contribution in [-0.4, -0.2) is 39.6 Å². The Hall–Kier alpha value is -1.14. The molecule has 2 fully saturated rings. The fraction of sp³-hybridized carbons (Fsp3) is 0.667. The van der Waals surface area contributed by atoms with Crippen LogP contribution in [0.4, 0.5) is 0 Å². The first-order valence-corrected chi connectivity index (χ1v) is 12.2. The number of amides is 1. The number of hydrogen-bond acceptors (Lipinski definition) is 5. The molecule has 3 aliphatic rings. The van der Waals surface area contributed by atoms with Crippen LogP contribution in [0.2, 0.25) is 0 Å². The number of hydrogen-bond donors (Lipinski definition) is 0. The molecule has 0 bridgehead atoms. The summed E-state index contributed by atoms with van der Waals surface area (Å²) in [5, 5.41) is 2.34. The highest BCUT2D eigenvalue weighted by Crippen LogP contribution is 2.44. The molecule has 0 spiro atoms. The fourth-order valence-corrected chi connectivity index (χ4v) is 6.70. The lowest BCUT2D eigenvalue weighted by Gasteiger charge is -2.30. The van der Waals surface area contributed by atoms with Gasteiger partial charge in [-0.05, 0) is 62.8 Å². The summed E-state index contributed by atoms with van der Waals surface area (Å²) >= 11 is 3.53. The van der Waals surface area contributed by atoms with Crippen molar-refractivity contribution in [1.29, 1.82) is 0 Å². The Morgan fingerprint density at radius 3 is 2.85 bits per heavy atom. The molecule has 1 saturated carbocycles. The van der Waals surface area contributed by atoms with E-state index >= 15 is 0 Å². The Kier molecular flexibility index (Phi) is 4.88. The first-order chi connectivity index (χ1) is 13.2. The van der Waals surface area contributed by atoms with E-state index in [2.05, 4.69) is 11.8 Å². The summed E-state index contributed by atoms with van der Waals surface area (Å²) in [6.07, 6.45) is 9.69. The van der Waals surface area contributed by atoms with Gasteiger partial charge in [-0.2, -0.15) is 0 Å². The number of likely N-dealkylation sites (tertiary alicyclic amines) is 1. The first-order valence-electron chi connectivity index (χ1n) is 10.4. The molecule has 2 aromatic heterocycles. The maximum atomic E-state index is 12.8. The molecule has 0 radical (unpaired) electrons. The van der Waals surface area contributed by atoms with E-state index in [1.165, 1.54) is 59.2 Å². The molecule has 1 amide bonds. The van der Waals surface area contributed by atoms with Crippen molar-refractivity contribution >= 4 is 39.2 Å². The largest absolute Gasteiger partial charge is 0.342 e. The van der Waals surface area contributed by atoms with Crippen molar-refractivity contribution in [3.8, 4) is 0 Å². The molecule has 4 nitrogen and oxygen atoms in total. The lowest BCUT2D eigenvalue weighted by Crippen LogP contribution is -2.40. The number of aryl methyl sites for hydroxylation is 2. The molecule has 27 heavy (non-hydrogen) atoms. The van der Waals surface area contributed by atoms with E-state index in [1.807, 2.05) is 11.3 Å². The summed E-state index contributed by atoms with van der Waals surface area (Å²) in [4.78, 5) is 27.4. The van der Waals surface area contributed by atoms with Gasteiger partial charge in [0.25, 0.3) is 0 Å². The average Bonchev–Trinajstić information content (AvgIpc) is 3.46. The summed E-state index contributed by atoms with van der Waals surface area (Å²) in [7, 11) is 0. The van der Waals surface area contributed by atoms with Gasteiger partial charge in [0.15, 0.2) is 0 Å². The van der Waals surface area contributed by atoms with Gasteiger partial charge in [0.2, 0.25) is 5.91 Å². The third-order valence-electron chi connectivity index (χ3n) is 6.08. The molecule has 0 unspecified atom stereocenters. The Bertz CT molecular complexity index is 874. The van der Waals surface area contributed by atoms with Crippen LogP contribution in [0.3, 0.4) is 0 Å². The monoisotopic (exact) mass is 401 g/mol. The molecule has 6 heteroatoms. The van der Waals surface area contributed by atoms with Crippen molar-refractivity contribution in [2.75, 3.05) is 18.8 Å². The van der Waals surface area contributed by atoms with Crippen LogP contribution in [0.5, 0.6) is 0 Å². The average molecular weight is 402 g/mol. The molecule has 0 aromatic carbocycles. The quantitative estimate of drug-likeness (QED) is 0.545. The molecule has 144 valence electrons. The van der Waals surface area contributed by atoms with Gasteiger partial charge in [-0.25, -0.2) is 9.97 Å². The maximum Gasteiger partial charge on any atom is 0.232 e. The lowest BCUT2D eigenvalue weighted by atomic mass is 9.97. The molecular formula is C21H27N3OS2.